The zero-order valence-electron chi connectivity index (χ0n) is 11.6. The molecule has 3 nitrogen and oxygen atoms in total. The van der Waals surface area contributed by atoms with Gasteiger partial charge in [0.15, 0.2) is 0 Å². The largest absolute Gasteiger partial charge is 0.459 e. The fraction of sp³-hybridized carbons (Fsp3) is 0.533. The van der Waals surface area contributed by atoms with Crippen molar-refractivity contribution in [3.63, 3.8) is 0 Å². The Balaban J connectivity index is 2.01. The number of benzene rings is 1. The van der Waals surface area contributed by atoms with Gasteiger partial charge in [-0.1, -0.05) is 18.2 Å². The normalized spacial score (nSPS) is 23.4. The third-order valence-corrected chi connectivity index (χ3v) is 3.12. The predicted molar refractivity (Wildman–Crippen MR) is 71.1 cm³/mol. The Morgan fingerprint density at radius 3 is 2.63 bits per heavy atom. The highest BCUT2D eigenvalue weighted by molar-refractivity contribution is 5.76. The van der Waals surface area contributed by atoms with Crippen LogP contribution in [-0.4, -0.2) is 17.6 Å². The average molecular weight is 265 g/mol. The molecule has 0 aliphatic carbocycles. The van der Waals surface area contributed by atoms with Gasteiger partial charge in [0, 0.05) is 11.6 Å². The summed E-state index contributed by atoms with van der Waals surface area (Å²) in [6.45, 7) is 5.52. The molecule has 1 N–H and O–H groups in total. The summed E-state index contributed by atoms with van der Waals surface area (Å²) in [4.78, 5) is 11.9. The van der Waals surface area contributed by atoms with Crippen LogP contribution >= 0.6 is 0 Å². The lowest BCUT2D eigenvalue weighted by atomic mass is 10.0. The predicted octanol–water partition coefficient (Wildman–Crippen LogP) is 2.96. The van der Waals surface area contributed by atoms with E-state index in [-0.39, 0.29) is 23.9 Å². The van der Waals surface area contributed by atoms with Gasteiger partial charge in [-0.05, 0) is 39.7 Å². The molecule has 19 heavy (non-hydrogen) atoms. The van der Waals surface area contributed by atoms with E-state index in [9.17, 15) is 9.18 Å². The highest BCUT2D eigenvalue weighted by atomic mass is 19.1. The molecule has 0 bridgehead atoms. The van der Waals surface area contributed by atoms with Crippen LogP contribution in [0.2, 0.25) is 0 Å². The van der Waals surface area contributed by atoms with E-state index in [0.29, 0.717) is 12.0 Å². The van der Waals surface area contributed by atoms with Crippen LogP contribution in [0.3, 0.4) is 0 Å². The van der Waals surface area contributed by atoms with Crippen molar-refractivity contribution in [1.29, 1.82) is 0 Å². The maximum atomic E-state index is 13.7. The van der Waals surface area contributed by atoms with Gasteiger partial charge in [-0.25, -0.2) is 4.39 Å². The first-order valence-corrected chi connectivity index (χ1v) is 6.60. The average Bonchev–Trinajstić information content (AvgIpc) is 2.76. The molecule has 1 fully saturated rings. The minimum Gasteiger partial charge on any atom is -0.459 e. The van der Waals surface area contributed by atoms with E-state index in [1.54, 1.807) is 18.2 Å². The summed E-state index contributed by atoms with van der Waals surface area (Å²) >= 11 is 0. The molecule has 2 rings (SSSR count). The van der Waals surface area contributed by atoms with Crippen molar-refractivity contribution in [3.05, 3.63) is 35.6 Å². The molecular weight excluding hydrogens is 245 g/mol. The summed E-state index contributed by atoms with van der Waals surface area (Å²) in [5.74, 6) is -0.490. The van der Waals surface area contributed by atoms with Crippen LogP contribution in [0, 0.1) is 5.82 Å². The van der Waals surface area contributed by atoms with Gasteiger partial charge >= 0.3 is 5.97 Å². The standard InChI is InChI=1S/C15H20FNO2/c1-15(2,3)19-14(18)13-9-8-12(17-13)10-6-4-5-7-11(10)16/h4-7,12-13,17H,8-9H2,1-3H3. The SMILES string of the molecule is CC(C)(C)OC(=O)C1CCC(c2ccccc2F)N1. The lowest BCUT2D eigenvalue weighted by molar-refractivity contribution is -0.157. The van der Waals surface area contributed by atoms with E-state index in [1.165, 1.54) is 6.07 Å². The van der Waals surface area contributed by atoms with Crippen LogP contribution in [0.1, 0.15) is 45.2 Å². The lowest BCUT2D eigenvalue weighted by Crippen LogP contribution is -2.38. The van der Waals surface area contributed by atoms with Crippen LogP contribution in [-0.2, 0) is 9.53 Å². The molecule has 0 aromatic heterocycles. The van der Waals surface area contributed by atoms with Crippen LogP contribution in [0.25, 0.3) is 0 Å². The smallest absolute Gasteiger partial charge is 0.323 e. The summed E-state index contributed by atoms with van der Waals surface area (Å²) in [6.07, 6.45) is 1.42. The maximum Gasteiger partial charge on any atom is 0.323 e. The first kappa shape index (κ1) is 14.0. The molecular formula is C15H20FNO2. The van der Waals surface area contributed by atoms with Gasteiger partial charge in [0.05, 0.1) is 0 Å². The molecule has 0 radical (unpaired) electrons. The topological polar surface area (TPSA) is 38.3 Å². The van der Waals surface area contributed by atoms with Gasteiger partial charge in [0.25, 0.3) is 0 Å². The Morgan fingerprint density at radius 2 is 2.00 bits per heavy atom. The van der Waals surface area contributed by atoms with Gasteiger partial charge in [0.1, 0.15) is 17.5 Å². The lowest BCUT2D eigenvalue weighted by Gasteiger charge is -2.22. The highest BCUT2D eigenvalue weighted by Crippen LogP contribution is 2.29. The van der Waals surface area contributed by atoms with Crippen LogP contribution < -0.4 is 5.32 Å². The van der Waals surface area contributed by atoms with E-state index in [4.69, 9.17) is 4.74 Å². The van der Waals surface area contributed by atoms with E-state index < -0.39 is 5.60 Å². The minimum absolute atomic E-state index is 0.112. The van der Waals surface area contributed by atoms with Crippen molar-refractivity contribution < 1.29 is 13.9 Å². The molecule has 1 heterocycles. The van der Waals surface area contributed by atoms with E-state index in [0.717, 1.165) is 6.42 Å². The molecule has 1 aliphatic rings. The van der Waals surface area contributed by atoms with Crippen molar-refractivity contribution in [3.8, 4) is 0 Å². The molecule has 0 spiro atoms. The number of hydrogen-bond acceptors (Lipinski definition) is 3. The Bertz CT molecular complexity index is 467. The Labute approximate surface area is 113 Å². The van der Waals surface area contributed by atoms with E-state index in [1.807, 2.05) is 20.8 Å². The zero-order chi connectivity index (χ0) is 14.0. The molecule has 1 aliphatic heterocycles. The summed E-state index contributed by atoms with van der Waals surface area (Å²) in [5.41, 5.74) is 0.128. The second-order valence-corrected chi connectivity index (χ2v) is 5.90. The zero-order valence-corrected chi connectivity index (χ0v) is 11.6. The second kappa shape index (κ2) is 5.29. The molecule has 2 atom stereocenters. The first-order chi connectivity index (χ1) is 8.87. The van der Waals surface area contributed by atoms with Crippen molar-refractivity contribution in [2.45, 2.75) is 51.3 Å². The second-order valence-electron chi connectivity index (χ2n) is 5.90. The molecule has 0 saturated carbocycles. The first-order valence-electron chi connectivity index (χ1n) is 6.60. The molecule has 4 heteroatoms. The quantitative estimate of drug-likeness (QED) is 0.835. The third kappa shape index (κ3) is 3.53. The number of rotatable bonds is 2. The van der Waals surface area contributed by atoms with E-state index >= 15 is 0 Å². The number of ether oxygens (including phenoxy) is 1. The Kier molecular flexibility index (Phi) is 3.90. The van der Waals surface area contributed by atoms with Crippen molar-refractivity contribution in [1.82, 2.24) is 5.32 Å². The van der Waals surface area contributed by atoms with Gasteiger partial charge in [-0.15, -0.1) is 0 Å². The fourth-order valence-corrected chi connectivity index (χ4v) is 2.30. The summed E-state index contributed by atoms with van der Waals surface area (Å²) in [5, 5.41) is 3.16. The van der Waals surface area contributed by atoms with Crippen molar-refractivity contribution >= 4 is 5.97 Å². The van der Waals surface area contributed by atoms with E-state index in [2.05, 4.69) is 5.32 Å². The molecule has 104 valence electrons. The molecule has 1 aromatic rings. The van der Waals surface area contributed by atoms with Crippen LogP contribution in [0.4, 0.5) is 4.39 Å². The summed E-state index contributed by atoms with van der Waals surface area (Å²) < 4.78 is 19.0. The maximum absolute atomic E-state index is 13.7. The molecule has 1 saturated heterocycles. The van der Waals surface area contributed by atoms with Gasteiger partial charge in [-0.3, -0.25) is 10.1 Å². The number of carbonyl (C=O) groups excluding carboxylic acids is 1. The van der Waals surface area contributed by atoms with Gasteiger partial charge < -0.3 is 4.74 Å². The van der Waals surface area contributed by atoms with Crippen molar-refractivity contribution in [2.75, 3.05) is 0 Å². The third-order valence-electron chi connectivity index (χ3n) is 3.12. The number of carbonyl (C=O) groups is 1. The van der Waals surface area contributed by atoms with Crippen LogP contribution in [0.5, 0.6) is 0 Å². The monoisotopic (exact) mass is 265 g/mol. The van der Waals surface area contributed by atoms with Crippen LogP contribution in [0.15, 0.2) is 24.3 Å². The van der Waals surface area contributed by atoms with Crippen molar-refractivity contribution in [2.24, 2.45) is 0 Å². The number of esters is 1. The summed E-state index contributed by atoms with van der Waals surface area (Å²) in [6, 6.07) is 6.21. The Hall–Kier alpha value is -1.42. The summed E-state index contributed by atoms with van der Waals surface area (Å²) in [7, 11) is 0. The van der Waals surface area contributed by atoms with Gasteiger partial charge in [-0.2, -0.15) is 0 Å². The number of halogens is 1. The molecule has 2 unspecified atom stereocenters. The minimum atomic E-state index is -0.491. The molecule has 0 amide bonds. The van der Waals surface area contributed by atoms with Gasteiger partial charge in [0.2, 0.25) is 0 Å². The highest BCUT2D eigenvalue weighted by Gasteiger charge is 2.33. The number of nitrogens with one attached hydrogen (secondary N) is 1. The Morgan fingerprint density at radius 1 is 1.32 bits per heavy atom. The number of hydrogen-bond donors (Lipinski definition) is 1. The molecule has 1 aromatic carbocycles. The fourth-order valence-electron chi connectivity index (χ4n) is 2.30.